The highest BCUT2D eigenvalue weighted by molar-refractivity contribution is 6.04. The van der Waals surface area contributed by atoms with E-state index in [0.29, 0.717) is 29.3 Å². The van der Waals surface area contributed by atoms with Gasteiger partial charge in [-0.2, -0.15) is 0 Å². The van der Waals surface area contributed by atoms with E-state index in [4.69, 9.17) is 4.74 Å². The van der Waals surface area contributed by atoms with Crippen LogP contribution in [0.1, 0.15) is 35.1 Å². The molecule has 2 heterocycles. The average molecular weight is 461 g/mol. The highest BCUT2D eigenvalue weighted by atomic mass is 16.5. The van der Waals surface area contributed by atoms with Crippen molar-refractivity contribution in [2.75, 3.05) is 28.8 Å². The Bertz CT molecular complexity index is 1200. The van der Waals surface area contributed by atoms with Crippen LogP contribution in [0.15, 0.2) is 60.7 Å². The number of nitrogens with one attached hydrogen (secondary N) is 2. The third-order valence-electron chi connectivity index (χ3n) is 5.85. The second-order valence-electron chi connectivity index (χ2n) is 8.27. The van der Waals surface area contributed by atoms with Crippen LogP contribution in [0.4, 0.5) is 11.4 Å². The lowest BCUT2D eigenvalue weighted by molar-refractivity contribution is -0.122. The molecule has 1 aliphatic rings. The number of aromatic nitrogens is 1. The molecule has 176 valence electrons. The molecule has 0 spiro atoms. The van der Waals surface area contributed by atoms with Gasteiger partial charge in [-0.05, 0) is 69.3 Å². The molecule has 4 rings (SSSR count). The smallest absolute Gasteiger partial charge is 0.270 e. The lowest BCUT2D eigenvalue weighted by atomic mass is 10.1. The molecular weight excluding hydrogens is 432 g/mol. The standard InChI is InChI=1S/C26H28N4O4/c1-4-34-23-8-6-5-7-22(23)29-16-20(15-24(29)31)25(32)27-21-13-11-19(12-14-21)26(33)28-30-17(2)9-10-18(30)3/h5-14,20H,4,15-16H2,1-3H3,(H,27,32)(H,28,33)/t20-/m1/s1. The highest BCUT2D eigenvalue weighted by Gasteiger charge is 2.36. The maximum atomic E-state index is 12.8. The van der Waals surface area contributed by atoms with Crippen LogP contribution < -0.4 is 20.4 Å². The van der Waals surface area contributed by atoms with Crippen LogP contribution in [0.2, 0.25) is 0 Å². The van der Waals surface area contributed by atoms with E-state index in [1.165, 1.54) is 0 Å². The van der Waals surface area contributed by atoms with Crippen LogP contribution in [0.25, 0.3) is 0 Å². The van der Waals surface area contributed by atoms with Crippen LogP contribution in [-0.4, -0.2) is 35.5 Å². The van der Waals surface area contributed by atoms with Crippen LogP contribution in [0, 0.1) is 19.8 Å². The fraction of sp³-hybridized carbons (Fsp3) is 0.269. The Balaban J connectivity index is 1.39. The van der Waals surface area contributed by atoms with Crippen molar-refractivity contribution < 1.29 is 19.1 Å². The number of ether oxygens (including phenoxy) is 1. The summed E-state index contributed by atoms with van der Waals surface area (Å²) in [5.41, 5.74) is 6.43. The van der Waals surface area contributed by atoms with Gasteiger partial charge in [0.15, 0.2) is 0 Å². The van der Waals surface area contributed by atoms with Gasteiger partial charge in [0.2, 0.25) is 11.8 Å². The van der Waals surface area contributed by atoms with Crippen LogP contribution in [0.3, 0.4) is 0 Å². The maximum absolute atomic E-state index is 12.8. The molecule has 1 saturated heterocycles. The van der Waals surface area contributed by atoms with E-state index in [1.54, 1.807) is 33.8 Å². The number of rotatable bonds is 7. The Morgan fingerprint density at radius 1 is 1.00 bits per heavy atom. The van der Waals surface area contributed by atoms with Gasteiger partial charge in [-0.25, -0.2) is 0 Å². The molecule has 0 radical (unpaired) electrons. The number of anilines is 2. The molecule has 2 aromatic carbocycles. The van der Waals surface area contributed by atoms with E-state index in [-0.39, 0.29) is 30.7 Å². The van der Waals surface area contributed by atoms with Crippen molar-refractivity contribution in [2.24, 2.45) is 5.92 Å². The second kappa shape index (κ2) is 9.82. The molecule has 3 aromatic rings. The molecular formula is C26H28N4O4. The molecule has 0 unspecified atom stereocenters. The van der Waals surface area contributed by atoms with Crippen LogP contribution in [0.5, 0.6) is 5.75 Å². The lowest BCUT2D eigenvalue weighted by Crippen LogP contribution is -2.28. The van der Waals surface area contributed by atoms with Crippen molar-refractivity contribution in [3.8, 4) is 5.75 Å². The van der Waals surface area contributed by atoms with Gasteiger partial charge in [0, 0.05) is 35.6 Å². The molecule has 2 N–H and O–H groups in total. The van der Waals surface area contributed by atoms with Gasteiger partial charge in [0.05, 0.1) is 18.2 Å². The minimum atomic E-state index is -0.482. The predicted molar refractivity (Wildman–Crippen MR) is 131 cm³/mol. The van der Waals surface area contributed by atoms with E-state index in [2.05, 4.69) is 10.7 Å². The molecule has 1 fully saturated rings. The molecule has 1 aromatic heterocycles. The monoisotopic (exact) mass is 460 g/mol. The van der Waals surface area contributed by atoms with E-state index in [9.17, 15) is 14.4 Å². The Morgan fingerprint density at radius 3 is 2.35 bits per heavy atom. The number of carbonyl (C=O) groups is 3. The van der Waals surface area contributed by atoms with Gasteiger partial charge < -0.3 is 15.0 Å². The number of aryl methyl sites for hydroxylation is 2. The largest absolute Gasteiger partial charge is 0.492 e. The van der Waals surface area contributed by atoms with E-state index in [0.717, 1.165) is 11.4 Å². The molecule has 1 atom stereocenters. The summed E-state index contributed by atoms with van der Waals surface area (Å²) in [6.07, 6.45) is 0.127. The summed E-state index contributed by atoms with van der Waals surface area (Å²) in [7, 11) is 0. The van der Waals surface area contributed by atoms with Gasteiger partial charge in [-0.15, -0.1) is 0 Å². The van der Waals surface area contributed by atoms with Crippen molar-refractivity contribution in [1.29, 1.82) is 0 Å². The van der Waals surface area contributed by atoms with E-state index >= 15 is 0 Å². The topological polar surface area (TPSA) is 92.7 Å². The van der Waals surface area contributed by atoms with Crippen molar-refractivity contribution >= 4 is 29.1 Å². The quantitative estimate of drug-likeness (QED) is 0.560. The number of benzene rings is 2. The van der Waals surface area contributed by atoms with Crippen molar-refractivity contribution in [3.63, 3.8) is 0 Å². The minimum Gasteiger partial charge on any atom is -0.492 e. The maximum Gasteiger partial charge on any atom is 0.270 e. The third kappa shape index (κ3) is 4.80. The first-order chi connectivity index (χ1) is 16.4. The molecule has 0 saturated carbocycles. The van der Waals surface area contributed by atoms with Crippen molar-refractivity contribution in [2.45, 2.75) is 27.2 Å². The van der Waals surface area contributed by atoms with Gasteiger partial charge in [-0.1, -0.05) is 12.1 Å². The zero-order valence-corrected chi connectivity index (χ0v) is 19.5. The zero-order valence-electron chi connectivity index (χ0n) is 19.5. The lowest BCUT2D eigenvalue weighted by Gasteiger charge is -2.20. The Hall–Kier alpha value is -4.07. The summed E-state index contributed by atoms with van der Waals surface area (Å²) in [5.74, 6) is -0.454. The summed E-state index contributed by atoms with van der Waals surface area (Å²) in [5, 5.41) is 2.86. The van der Waals surface area contributed by atoms with Gasteiger partial charge in [-0.3, -0.25) is 24.5 Å². The highest BCUT2D eigenvalue weighted by Crippen LogP contribution is 2.33. The van der Waals surface area contributed by atoms with Crippen LogP contribution >= 0.6 is 0 Å². The Kier molecular flexibility index (Phi) is 6.67. The number of nitrogens with zero attached hydrogens (tertiary/aromatic N) is 2. The summed E-state index contributed by atoms with van der Waals surface area (Å²) in [6, 6.07) is 17.9. The van der Waals surface area contributed by atoms with Crippen molar-refractivity contribution in [1.82, 2.24) is 4.68 Å². The molecule has 0 bridgehead atoms. The van der Waals surface area contributed by atoms with E-state index in [1.807, 2.05) is 57.2 Å². The predicted octanol–water partition coefficient (Wildman–Crippen LogP) is 3.88. The molecule has 3 amide bonds. The average Bonchev–Trinajstić information content (AvgIpc) is 3.37. The van der Waals surface area contributed by atoms with E-state index < -0.39 is 5.92 Å². The van der Waals surface area contributed by atoms with Crippen molar-refractivity contribution in [3.05, 3.63) is 77.6 Å². The Morgan fingerprint density at radius 2 is 1.68 bits per heavy atom. The molecule has 8 heteroatoms. The molecule has 1 aliphatic heterocycles. The zero-order chi connectivity index (χ0) is 24.2. The SMILES string of the molecule is CCOc1ccccc1N1C[C@H](C(=O)Nc2ccc(C(=O)Nn3c(C)ccc3C)cc2)CC1=O. The molecule has 0 aliphatic carbocycles. The number of para-hydroxylation sites is 2. The number of hydrogen-bond donors (Lipinski definition) is 2. The first-order valence-corrected chi connectivity index (χ1v) is 11.3. The summed E-state index contributed by atoms with van der Waals surface area (Å²) >= 11 is 0. The number of amides is 3. The second-order valence-corrected chi connectivity index (χ2v) is 8.27. The van der Waals surface area contributed by atoms with Gasteiger partial charge in [0.1, 0.15) is 5.75 Å². The molecule has 8 nitrogen and oxygen atoms in total. The summed E-state index contributed by atoms with van der Waals surface area (Å²) < 4.78 is 7.36. The number of carbonyl (C=O) groups excluding carboxylic acids is 3. The first kappa shape index (κ1) is 23.1. The summed E-state index contributed by atoms with van der Waals surface area (Å²) in [6.45, 7) is 6.48. The number of hydrogen-bond acceptors (Lipinski definition) is 4. The summed E-state index contributed by atoms with van der Waals surface area (Å²) in [4.78, 5) is 39.7. The van der Waals surface area contributed by atoms with Crippen LogP contribution in [-0.2, 0) is 9.59 Å². The molecule has 34 heavy (non-hydrogen) atoms. The minimum absolute atomic E-state index is 0.116. The fourth-order valence-corrected chi connectivity index (χ4v) is 4.03. The Labute approximate surface area is 198 Å². The third-order valence-corrected chi connectivity index (χ3v) is 5.85. The van der Waals surface area contributed by atoms with Gasteiger partial charge in [0.25, 0.3) is 5.91 Å². The van der Waals surface area contributed by atoms with Gasteiger partial charge >= 0.3 is 0 Å². The normalized spacial score (nSPS) is 15.3. The fourth-order valence-electron chi connectivity index (χ4n) is 4.03. The first-order valence-electron chi connectivity index (χ1n) is 11.3.